The molecular formula is C14H22FNO3. The molecule has 0 saturated heterocycles. The SMILES string of the molecule is COCC(CNC(C)c1ccc(OC)c(F)c1)OC. The van der Waals surface area contributed by atoms with Crippen molar-refractivity contribution in [2.24, 2.45) is 0 Å². The molecule has 0 saturated carbocycles. The second-order valence-electron chi connectivity index (χ2n) is 4.34. The molecule has 0 spiro atoms. The molecule has 2 unspecified atom stereocenters. The Morgan fingerprint density at radius 2 is 2.00 bits per heavy atom. The number of benzene rings is 1. The summed E-state index contributed by atoms with van der Waals surface area (Å²) in [6.45, 7) is 3.13. The van der Waals surface area contributed by atoms with Crippen molar-refractivity contribution < 1.29 is 18.6 Å². The molecule has 19 heavy (non-hydrogen) atoms. The van der Waals surface area contributed by atoms with E-state index in [4.69, 9.17) is 14.2 Å². The zero-order chi connectivity index (χ0) is 14.3. The topological polar surface area (TPSA) is 39.7 Å². The van der Waals surface area contributed by atoms with Crippen molar-refractivity contribution in [3.63, 3.8) is 0 Å². The lowest BCUT2D eigenvalue weighted by molar-refractivity contribution is 0.0276. The van der Waals surface area contributed by atoms with Crippen molar-refractivity contribution in [1.82, 2.24) is 5.32 Å². The van der Waals surface area contributed by atoms with Gasteiger partial charge < -0.3 is 19.5 Å². The Balaban J connectivity index is 2.57. The van der Waals surface area contributed by atoms with Gasteiger partial charge in [0.2, 0.25) is 0 Å². The third-order valence-electron chi connectivity index (χ3n) is 3.01. The van der Waals surface area contributed by atoms with E-state index in [1.54, 1.807) is 20.3 Å². The van der Waals surface area contributed by atoms with Crippen LogP contribution in [-0.4, -0.2) is 40.6 Å². The Bertz CT molecular complexity index is 387. The summed E-state index contributed by atoms with van der Waals surface area (Å²) in [5.41, 5.74) is 0.866. The van der Waals surface area contributed by atoms with E-state index in [1.807, 2.05) is 13.0 Å². The van der Waals surface area contributed by atoms with Gasteiger partial charge in [0.25, 0.3) is 0 Å². The van der Waals surface area contributed by atoms with Crippen LogP contribution in [0.15, 0.2) is 18.2 Å². The zero-order valence-electron chi connectivity index (χ0n) is 11.9. The molecule has 5 heteroatoms. The molecule has 1 N–H and O–H groups in total. The first-order valence-corrected chi connectivity index (χ1v) is 6.21. The fourth-order valence-electron chi connectivity index (χ4n) is 1.77. The average Bonchev–Trinajstić information content (AvgIpc) is 2.42. The minimum Gasteiger partial charge on any atom is -0.494 e. The molecule has 0 aromatic heterocycles. The molecule has 0 aliphatic carbocycles. The Labute approximate surface area is 113 Å². The summed E-state index contributed by atoms with van der Waals surface area (Å²) in [5, 5.41) is 3.29. The number of hydrogen-bond donors (Lipinski definition) is 1. The molecular weight excluding hydrogens is 249 g/mol. The largest absolute Gasteiger partial charge is 0.494 e. The van der Waals surface area contributed by atoms with Crippen LogP contribution < -0.4 is 10.1 Å². The van der Waals surface area contributed by atoms with Gasteiger partial charge in [-0.15, -0.1) is 0 Å². The van der Waals surface area contributed by atoms with Crippen LogP contribution in [0.5, 0.6) is 5.75 Å². The summed E-state index contributed by atoms with van der Waals surface area (Å²) in [6, 6.07) is 4.98. The second-order valence-corrected chi connectivity index (χ2v) is 4.34. The third kappa shape index (κ3) is 4.78. The van der Waals surface area contributed by atoms with Crippen molar-refractivity contribution >= 4 is 0 Å². The summed E-state index contributed by atoms with van der Waals surface area (Å²) in [6.07, 6.45) is -0.0180. The number of halogens is 1. The molecule has 0 fully saturated rings. The van der Waals surface area contributed by atoms with Gasteiger partial charge >= 0.3 is 0 Å². The third-order valence-corrected chi connectivity index (χ3v) is 3.01. The molecule has 0 amide bonds. The van der Waals surface area contributed by atoms with Gasteiger partial charge in [0.05, 0.1) is 19.8 Å². The van der Waals surface area contributed by atoms with Crippen molar-refractivity contribution in [2.45, 2.75) is 19.1 Å². The lowest BCUT2D eigenvalue weighted by atomic mass is 10.1. The number of ether oxygens (including phenoxy) is 3. The van der Waals surface area contributed by atoms with E-state index < -0.39 is 0 Å². The molecule has 0 heterocycles. The average molecular weight is 271 g/mol. The molecule has 1 aromatic carbocycles. The Morgan fingerprint density at radius 1 is 1.26 bits per heavy atom. The number of nitrogens with one attached hydrogen (secondary N) is 1. The Hall–Kier alpha value is -1.17. The highest BCUT2D eigenvalue weighted by molar-refractivity contribution is 5.30. The molecule has 4 nitrogen and oxygen atoms in total. The van der Waals surface area contributed by atoms with Crippen LogP contribution in [0.25, 0.3) is 0 Å². The van der Waals surface area contributed by atoms with Gasteiger partial charge in [0.15, 0.2) is 11.6 Å². The van der Waals surface area contributed by atoms with Gasteiger partial charge in [-0.1, -0.05) is 6.07 Å². The maximum atomic E-state index is 13.6. The van der Waals surface area contributed by atoms with Crippen LogP contribution in [0, 0.1) is 5.82 Å². The number of hydrogen-bond acceptors (Lipinski definition) is 4. The minimum absolute atomic E-state index is 0.0180. The number of methoxy groups -OCH3 is 3. The van der Waals surface area contributed by atoms with Gasteiger partial charge in [-0.05, 0) is 24.6 Å². The van der Waals surface area contributed by atoms with E-state index in [0.717, 1.165) is 5.56 Å². The lowest BCUT2D eigenvalue weighted by Crippen LogP contribution is -2.33. The Morgan fingerprint density at radius 3 is 2.53 bits per heavy atom. The molecule has 0 aliphatic heterocycles. The van der Waals surface area contributed by atoms with Crippen LogP contribution in [0.4, 0.5) is 4.39 Å². The molecule has 0 bridgehead atoms. The highest BCUT2D eigenvalue weighted by atomic mass is 19.1. The van der Waals surface area contributed by atoms with Gasteiger partial charge in [-0.2, -0.15) is 0 Å². The zero-order valence-corrected chi connectivity index (χ0v) is 11.9. The fourth-order valence-corrected chi connectivity index (χ4v) is 1.77. The van der Waals surface area contributed by atoms with E-state index in [2.05, 4.69) is 5.32 Å². The van der Waals surface area contributed by atoms with E-state index in [1.165, 1.54) is 13.2 Å². The van der Waals surface area contributed by atoms with Crippen molar-refractivity contribution in [3.05, 3.63) is 29.6 Å². The molecule has 1 aromatic rings. The van der Waals surface area contributed by atoms with Crippen LogP contribution in [0.3, 0.4) is 0 Å². The second kappa shape index (κ2) is 8.09. The number of rotatable bonds is 8. The van der Waals surface area contributed by atoms with E-state index in [-0.39, 0.29) is 23.7 Å². The normalized spacial score (nSPS) is 14.2. The highest BCUT2D eigenvalue weighted by Crippen LogP contribution is 2.21. The predicted octanol–water partition coefficient (Wildman–Crippen LogP) is 2.15. The maximum Gasteiger partial charge on any atom is 0.165 e. The smallest absolute Gasteiger partial charge is 0.165 e. The molecule has 2 atom stereocenters. The fraction of sp³-hybridized carbons (Fsp3) is 0.571. The first-order valence-electron chi connectivity index (χ1n) is 6.21. The van der Waals surface area contributed by atoms with Crippen LogP contribution in [0.1, 0.15) is 18.5 Å². The quantitative estimate of drug-likeness (QED) is 0.786. The van der Waals surface area contributed by atoms with Crippen LogP contribution in [0.2, 0.25) is 0 Å². The molecule has 0 aliphatic rings. The van der Waals surface area contributed by atoms with Crippen molar-refractivity contribution in [1.29, 1.82) is 0 Å². The minimum atomic E-state index is -0.353. The van der Waals surface area contributed by atoms with Gasteiger partial charge in [-0.25, -0.2) is 4.39 Å². The van der Waals surface area contributed by atoms with E-state index >= 15 is 0 Å². The van der Waals surface area contributed by atoms with Crippen LogP contribution >= 0.6 is 0 Å². The summed E-state index contributed by atoms with van der Waals surface area (Å²) in [5.74, 6) is -0.0982. The predicted molar refractivity (Wildman–Crippen MR) is 72.0 cm³/mol. The van der Waals surface area contributed by atoms with Crippen LogP contribution in [-0.2, 0) is 9.47 Å². The summed E-state index contributed by atoms with van der Waals surface area (Å²) in [4.78, 5) is 0. The van der Waals surface area contributed by atoms with E-state index in [9.17, 15) is 4.39 Å². The monoisotopic (exact) mass is 271 g/mol. The van der Waals surface area contributed by atoms with Crippen molar-refractivity contribution in [2.75, 3.05) is 34.5 Å². The Kier molecular flexibility index (Phi) is 6.77. The lowest BCUT2D eigenvalue weighted by Gasteiger charge is -2.19. The summed E-state index contributed by atoms with van der Waals surface area (Å²) in [7, 11) is 4.73. The van der Waals surface area contributed by atoms with Gasteiger partial charge in [-0.3, -0.25) is 0 Å². The van der Waals surface area contributed by atoms with Gasteiger partial charge in [0.1, 0.15) is 0 Å². The summed E-state index contributed by atoms with van der Waals surface area (Å²) >= 11 is 0. The first-order chi connectivity index (χ1) is 9.12. The van der Waals surface area contributed by atoms with E-state index in [0.29, 0.717) is 13.2 Å². The first kappa shape index (κ1) is 15.9. The van der Waals surface area contributed by atoms with Crippen molar-refractivity contribution in [3.8, 4) is 5.75 Å². The molecule has 108 valence electrons. The standard InChI is InChI=1S/C14H22FNO3/c1-10(16-8-12(18-3)9-17-2)11-5-6-14(19-4)13(15)7-11/h5-7,10,12,16H,8-9H2,1-4H3. The van der Waals surface area contributed by atoms with Gasteiger partial charge in [0, 0.05) is 26.8 Å². The highest BCUT2D eigenvalue weighted by Gasteiger charge is 2.12. The maximum absolute atomic E-state index is 13.6. The molecule has 1 rings (SSSR count). The molecule has 0 radical (unpaired) electrons. The summed E-state index contributed by atoms with van der Waals surface area (Å²) < 4.78 is 28.8.